The molecular weight excluding hydrogens is 332 g/mol. The zero-order chi connectivity index (χ0) is 17.7. The van der Waals surface area contributed by atoms with Gasteiger partial charge in [-0.05, 0) is 46.0 Å². The van der Waals surface area contributed by atoms with Crippen molar-refractivity contribution in [2.45, 2.75) is 45.6 Å². The predicted octanol–water partition coefficient (Wildman–Crippen LogP) is 2.10. The predicted molar refractivity (Wildman–Crippen MR) is 100 cm³/mol. The summed E-state index contributed by atoms with van der Waals surface area (Å²) in [5.41, 5.74) is 0. The smallest absolute Gasteiger partial charge is 0.146 e. The van der Waals surface area contributed by atoms with Crippen LogP contribution in [0.2, 0.25) is 0 Å². The molecule has 7 heteroatoms. The minimum absolute atomic E-state index is 0.0357. The summed E-state index contributed by atoms with van der Waals surface area (Å²) in [4.78, 5) is 35.5. The standard InChI is InChI=1S/C16H30N2O3S2/c1-5-13(16(21)11-23-22-4)6-7-14(20)10-18-15(12(2)19)8-9-17-3/h13,15,17-18H,5-11H2,1-4H3/t13-,15-/m0/s1. The van der Waals surface area contributed by atoms with Crippen molar-refractivity contribution in [3.05, 3.63) is 0 Å². The van der Waals surface area contributed by atoms with E-state index in [1.165, 1.54) is 6.92 Å². The highest BCUT2D eigenvalue weighted by Gasteiger charge is 2.19. The SMILES string of the molecule is CC[C@@H](CCC(=O)CN[C@@H](CCNC)C(C)=O)C(=O)CSSC. The summed E-state index contributed by atoms with van der Waals surface area (Å²) in [7, 11) is 4.96. The molecule has 5 nitrogen and oxygen atoms in total. The zero-order valence-electron chi connectivity index (χ0n) is 14.6. The number of carbonyl (C=O) groups is 3. The van der Waals surface area contributed by atoms with E-state index in [1.807, 2.05) is 20.2 Å². The average Bonchev–Trinajstić information content (AvgIpc) is 2.53. The van der Waals surface area contributed by atoms with Crippen molar-refractivity contribution in [1.82, 2.24) is 10.6 Å². The van der Waals surface area contributed by atoms with Crippen LogP contribution in [0, 0.1) is 5.92 Å². The van der Waals surface area contributed by atoms with Crippen LogP contribution in [0.3, 0.4) is 0 Å². The van der Waals surface area contributed by atoms with Crippen LogP contribution in [0.25, 0.3) is 0 Å². The summed E-state index contributed by atoms with van der Waals surface area (Å²) in [5, 5.41) is 6.03. The Morgan fingerprint density at radius 2 is 1.87 bits per heavy atom. The molecule has 0 aliphatic carbocycles. The van der Waals surface area contributed by atoms with Gasteiger partial charge < -0.3 is 10.6 Å². The van der Waals surface area contributed by atoms with Crippen LogP contribution in [0.1, 0.15) is 39.5 Å². The van der Waals surface area contributed by atoms with Gasteiger partial charge in [-0.15, -0.1) is 0 Å². The summed E-state index contributed by atoms with van der Waals surface area (Å²) in [5.74, 6) is 0.797. The molecule has 0 aliphatic heterocycles. The zero-order valence-corrected chi connectivity index (χ0v) is 16.3. The van der Waals surface area contributed by atoms with E-state index in [9.17, 15) is 14.4 Å². The molecule has 0 fully saturated rings. The Hall–Kier alpha value is -0.370. The molecule has 0 spiro atoms. The monoisotopic (exact) mass is 362 g/mol. The fourth-order valence-electron chi connectivity index (χ4n) is 2.23. The van der Waals surface area contributed by atoms with Crippen molar-refractivity contribution < 1.29 is 14.4 Å². The van der Waals surface area contributed by atoms with Gasteiger partial charge in [0.2, 0.25) is 0 Å². The molecular formula is C16H30N2O3S2. The number of ketones is 3. The molecule has 2 N–H and O–H groups in total. The van der Waals surface area contributed by atoms with E-state index >= 15 is 0 Å². The number of Topliss-reactive ketones (excluding diaryl/α,β-unsaturated/α-hetero) is 3. The summed E-state index contributed by atoms with van der Waals surface area (Å²) in [6, 6.07) is -0.284. The van der Waals surface area contributed by atoms with E-state index in [0.717, 1.165) is 13.0 Å². The molecule has 134 valence electrons. The van der Waals surface area contributed by atoms with E-state index in [1.54, 1.807) is 21.6 Å². The second-order valence-corrected chi connectivity index (χ2v) is 8.08. The van der Waals surface area contributed by atoms with Gasteiger partial charge >= 0.3 is 0 Å². The Morgan fingerprint density at radius 1 is 1.17 bits per heavy atom. The number of carbonyl (C=O) groups excluding carboxylic acids is 3. The highest BCUT2D eigenvalue weighted by atomic mass is 33.1. The van der Waals surface area contributed by atoms with Gasteiger partial charge in [-0.1, -0.05) is 28.5 Å². The first-order valence-corrected chi connectivity index (χ1v) is 10.8. The number of hydrogen-bond donors (Lipinski definition) is 2. The molecule has 0 aromatic heterocycles. The summed E-state index contributed by atoms with van der Waals surface area (Å²) < 4.78 is 0. The fourth-order valence-corrected chi connectivity index (χ4v) is 3.40. The van der Waals surface area contributed by atoms with Gasteiger partial charge in [0.15, 0.2) is 0 Å². The topological polar surface area (TPSA) is 75.3 Å². The number of rotatable bonds is 15. The average molecular weight is 363 g/mol. The molecule has 0 saturated carbocycles. The van der Waals surface area contributed by atoms with Gasteiger partial charge in [-0.2, -0.15) is 0 Å². The Kier molecular flexibility index (Phi) is 13.8. The van der Waals surface area contributed by atoms with Crippen molar-refractivity contribution in [2.24, 2.45) is 5.92 Å². The molecule has 0 radical (unpaired) electrons. The maximum Gasteiger partial charge on any atom is 0.146 e. The lowest BCUT2D eigenvalue weighted by Crippen LogP contribution is -2.40. The van der Waals surface area contributed by atoms with Crippen molar-refractivity contribution in [1.29, 1.82) is 0 Å². The van der Waals surface area contributed by atoms with Crippen LogP contribution >= 0.6 is 21.6 Å². The maximum absolute atomic E-state index is 12.0. The van der Waals surface area contributed by atoms with E-state index < -0.39 is 0 Å². The third-order valence-electron chi connectivity index (χ3n) is 3.76. The lowest BCUT2D eigenvalue weighted by molar-refractivity contribution is -0.121. The van der Waals surface area contributed by atoms with Crippen LogP contribution in [-0.4, -0.2) is 55.5 Å². The van der Waals surface area contributed by atoms with E-state index in [2.05, 4.69) is 10.6 Å². The highest BCUT2D eigenvalue weighted by Crippen LogP contribution is 2.21. The Balaban J connectivity index is 4.16. The van der Waals surface area contributed by atoms with Gasteiger partial charge in [0.05, 0.1) is 18.3 Å². The summed E-state index contributed by atoms with van der Waals surface area (Å²) in [6.45, 7) is 4.44. The quantitative estimate of drug-likeness (QED) is 0.432. The van der Waals surface area contributed by atoms with Crippen molar-refractivity contribution in [2.75, 3.05) is 32.1 Å². The molecule has 0 aromatic carbocycles. The Bertz CT molecular complexity index is 378. The van der Waals surface area contributed by atoms with Gasteiger partial charge in [-0.25, -0.2) is 0 Å². The van der Waals surface area contributed by atoms with Crippen molar-refractivity contribution >= 4 is 38.9 Å². The number of hydrogen-bond acceptors (Lipinski definition) is 7. The lowest BCUT2D eigenvalue weighted by atomic mass is 9.95. The first-order valence-electron chi connectivity index (χ1n) is 8.04. The molecule has 0 amide bonds. The van der Waals surface area contributed by atoms with E-state index in [-0.39, 0.29) is 35.9 Å². The molecule has 0 rings (SSSR count). The molecule has 0 aliphatic rings. The maximum atomic E-state index is 12.0. The molecule has 0 bridgehead atoms. The molecule has 2 atom stereocenters. The lowest BCUT2D eigenvalue weighted by Gasteiger charge is -2.16. The molecule has 0 saturated heterocycles. The Morgan fingerprint density at radius 3 is 2.39 bits per heavy atom. The van der Waals surface area contributed by atoms with Crippen LogP contribution in [-0.2, 0) is 14.4 Å². The largest absolute Gasteiger partial charge is 0.320 e. The van der Waals surface area contributed by atoms with Gasteiger partial charge in [0.25, 0.3) is 0 Å². The van der Waals surface area contributed by atoms with Crippen LogP contribution < -0.4 is 10.6 Å². The summed E-state index contributed by atoms with van der Waals surface area (Å²) >= 11 is 0. The third kappa shape index (κ3) is 10.9. The molecule has 0 unspecified atom stereocenters. The van der Waals surface area contributed by atoms with Crippen molar-refractivity contribution in [3.8, 4) is 0 Å². The first-order chi connectivity index (χ1) is 11.0. The Labute approximate surface area is 147 Å². The minimum atomic E-state index is -0.284. The van der Waals surface area contributed by atoms with Crippen LogP contribution in [0.15, 0.2) is 0 Å². The fraction of sp³-hybridized carbons (Fsp3) is 0.812. The highest BCUT2D eigenvalue weighted by molar-refractivity contribution is 8.76. The van der Waals surface area contributed by atoms with Crippen LogP contribution in [0.4, 0.5) is 0 Å². The van der Waals surface area contributed by atoms with Gasteiger partial charge in [0.1, 0.15) is 17.3 Å². The molecule has 0 aromatic rings. The second-order valence-electron chi connectivity index (χ2n) is 5.51. The minimum Gasteiger partial charge on any atom is -0.320 e. The third-order valence-corrected chi connectivity index (χ3v) is 5.46. The van der Waals surface area contributed by atoms with E-state index in [0.29, 0.717) is 25.0 Å². The normalized spacial score (nSPS) is 13.6. The van der Waals surface area contributed by atoms with Gasteiger partial charge in [-0.3, -0.25) is 14.4 Å². The first kappa shape index (κ1) is 22.6. The van der Waals surface area contributed by atoms with Crippen molar-refractivity contribution in [3.63, 3.8) is 0 Å². The van der Waals surface area contributed by atoms with Gasteiger partial charge in [0, 0.05) is 12.3 Å². The second kappa shape index (κ2) is 14.0. The van der Waals surface area contributed by atoms with Crippen LogP contribution in [0.5, 0.6) is 0 Å². The number of nitrogens with one attached hydrogen (secondary N) is 2. The summed E-state index contributed by atoms with van der Waals surface area (Å²) in [6.07, 6.45) is 4.38. The molecule has 23 heavy (non-hydrogen) atoms. The van der Waals surface area contributed by atoms with E-state index in [4.69, 9.17) is 0 Å². The molecule has 0 heterocycles.